The minimum Gasteiger partial charge on any atom is -0.497 e. The molecule has 0 amide bonds. The van der Waals surface area contributed by atoms with Gasteiger partial charge in [-0.05, 0) is 30.7 Å². The summed E-state index contributed by atoms with van der Waals surface area (Å²) in [5.74, 6) is 0.620. The Balaban J connectivity index is 1.92. The van der Waals surface area contributed by atoms with Gasteiger partial charge in [0.05, 0.1) is 24.4 Å². The predicted octanol–water partition coefficient (Wildman–Crippen LogP) is 3.03. The SMILES string of the molecule is CCc1nc(CCOc2ccc(OC)cc2)sc1C(=O)O. The molecule has 0 aliphatic heterocycles. The molecule has 0 saturated heterocycles. The van der Waals surface area contributed by atoms with Crippen molar-refractivity contribution in [2.24, 2.45) is 0 Å². The summed E-state index contributed by atoms with van der Waals surface area (Å²) in [7, 11) is 1.61. The van der Waals surface area contributed by atoms with E-state index in [0.717, 1.165) is 16.5 Å². The van der Waals surface area contributed by atoms with Gasteiger partial charge >= 0.3 is 5.97 Å². The van der Waals surface area contributed by atoms with E-state index < -0.39 is 5.97 Å². The summed E-state index contributed by atoms with van der Waals surface area (Å²) in [6, 6.07) is 7.33. The zero-order valence-electron chi connectivity index (χ0n) is 12.0. The van der Waals surface area contributed by atoms with Crippen LogP contribution in [0, 0.1) is 0 Å². The number of nitrogens with zero attached hydrogens (tertiary/aromatic N) is 1. The van der Waals surface area contributed by atoms with Gasteiger partial charge in [0, 0.05) is 6.42 Å². The second-order valence-corrected chi connectivity index (χ2v) is 5.40. The van der Waals surface area contributed by atoms with E-state index in [-0.39, 0.29) is 0 Å². The molecule has 5 nitrogen and oxygen atoms in total. The number of hydrogen-bond acceptors (Lipinski definition) is 5. The summed E-state index contributed by atoms with van der Waals surface area (Å²) in [5.41, 5.74) is 0.645. The standard InChI is InChI=1S/C15H17NO4S/c1-3-12-14(15(17)18)21-13(16-12)8-9-20-11-6-4-10(19-2)5-7-11/h4-7H,3,8-9H2,1-2H3,(H,17,18). The zero-order valence-corrected chi connectivity index (χ0v) is 12.8. The van der Waals surface area contributed by atoms with Gasteiger partial charge in [0.1, 0.15) is 16.4 Å². The molecule has 2 aromatic rings. The number of aryl methyl sites for hydroxylation is 1. The van der Waals surface area contributed by atoms with Gasteiger partial charge in [-0.15, -0.1) is 11.3 Å². The Bertz CT molecular complexity index is 607. The molecule has 0 aliphatic carbocycles. The predicted molar refractivity (Wildman–Crippen MR) is 80.6 cm³/mol. The number of carbonyl (C=O) groups is 1. The van der Waals surface area contributed by atoms with Crippen LogP contribution in [0.25, 0.3) is 0 Å². The molecule has 0 atom stereocenters. The van der Waals surface area contributed by atoms with Crippen LogP contribution in [-0.4, -0.2) is 29.8 Å². The Morgan fingerprint density at radius 2 is 1.95 bits per heavy atom. The molecule has 2 rings (SSSR count). The van der Waals surface area contributed by atoms with E-state index in [2.05, 4.69) is 4.98 Å². The van der Waals surface area contributed by atoms with E-state index in [4.69, 9.17) is 14.6 Å². The topological polar surface area (TPSA) is 68.7 Å². The van der Waals surface area contributed by atoms with Crippen LogP contribution in [0.5, 0.6) is 11.5 Å². The molecule has 112 valence electrons. The molecular formula is C15H17NO4S. The first-order valence-corrected chi connectivity index (χ1v) is 7.44. The summed E-state index contributed by atoms with van der Waals surface area (Å²) < 4.78 is 10.7. The van der Waals surface area contributed by atoms with Crippen molar-refractivity contribution in [1.29, 1.82) is 0 Å². The second kappa shape index (κ2) is 7.08. The number of thiazole rings is 1. The fourth-order valence-corrected chi connectivity index (χ4v) is 2.81. The van der Waals surface area contributed by atoms with E-state index in [9.17, 15) is 4.79 Å². The summed E-state index contributed by atoms with van der Waals surface area (Å²) >= 11 is 1.22. The molecule has 21 heavy (non-hydrogen) atoms. The molecule has 1 aromatic heterocycles. The van der Waals surface area contributed by atoms with Crippen LogP contribution >= 0.6 is 11.3 Å². The third-order valence-electron chi connectivity index (χ3n) is 2.91. The largest absolute Gasteiger partial charge is 0.497 e. The average molecular weight is 307 g/mol. The van der Waals surface area contributed by atoms with Crippen molar-refractivity contribution in [1.82, 2.24) is 4.98 Å². The highest BCUT2D eigenvalue weighted by atomic mass is 32.1. The molecule has 1 aromatic carbocycles. The number of carboxylic acids is 1. The Morgan fingerprint density at radius 1 is 1.29 bits per heavy atom. The maximum atomic E-state index is 11.1. The van der Waals surface area contributed by atoms with Crippen molar-refractivity contribution < 1.29 is 19.4 Å². The van der Waals surface area contributed by atoms with Gasteiger partial charge in [0.25, 0.3) is 0 Å². The van der Waals surface area contributed by atoms with Crippen LogP contribution < -0.4 is 9.47 Å². The highest BCUT2D eigenvalue weighted by molar-refractivity contribution is 7.13. The quantitative estimate of drug-likeness (QED) is 0.851. The maximum Gasteiger partial charge on any atom is 0.347 e. The van der Waals surface area contributed by atoms with Gasteiger partial charge in [-0.25, -0.2) is 9.78 Å². The lowest BCUT2D eigenvalue weighted by Crippen LogP contribution is -2.01. The molecule has 0 bridgehead atoms. The van der Waals surface area contributed by atoms with Crippen LogP contribution in [-0.2, 0) is 12.8 Å². The first-order chi connectivity index (χ1) is 10.1. The van der Waals surface area contributed by atoms with E-state index in [1.165, 1.54) is 11.3 Å². The summed E-state index contributed by atoms with van der Waals surface area (Å²) in [6.45, 7) is 2.36. The third kappa shape index (κ3) is 3.95. The zero-order chi connectivity index (χ0) is 15.2. The van der Waals surface area contributed by atoms with Crippen LogP contribution in [0.15, 0.2) is 24.3 Å². The van der Waals surface area contributed by atoms with Gasteiger partial charge in [-0.3, -0.25) is 0 Å². The van der Waals surface area contributed by atoms with Crippen molar-refractivity contribution in [3.8, 4) is 11.5 Å². The number of ether oxygens (including phenoxy) is 2. The summed E-state index contributed by atoms with van der Waals surface area (Å²) in [6.07, 6.45) is 1.22. The molecule has 0 unspecified atom stereocenters. The van der Waals surface area contributed by atoms with E-state index in [1.54, 1.807) is 7.11 Å². The summed E-state index contributed by atoms with van der Waals surface area (Å²) in [4.78, 5) is 15.8. The number of rotatable bonds is 7. The van der Waals surface area contributed by atoms with Crippen molar-refractivity contribution in [3.05, 3.63) is 39.8 Å². The molecule has 1 N–H and O–H groups in total. The molecule has 0 fully saturated rings. The number of carboxylic acid groups (broad SMARTS) is 1. The highest BCUT2D eigenvalue weighted by Crippen LogP contribution is 2.21. The number of benzene rings is 1. The molecule has 0 spiro atoms. The number of aromatic nitrogens is 1. The number of methoxy groups -OCH3 is 1. The monoisotopic (exact) mass is 307 g/mol. The van der Waals surface area contributed by atoms with Gasteiger partial charge in [0.15, 0.2) is 0 Å². The minimum absolute atomic E-state index is 0.331. The van der Waals surface area contributed by atoms with Crippen LogP contribution in [0.2, 0.25) is 0 Å². The lowest BCUT2D eigenvalue weighted by molar-refractivity contribution is 0.0701. The molecular weight excluding hydrogens is 290 g/mol. The van der Waals surface area contributed by atoms with Crippen LogP contribution in [0.3, 0.4) is 0 Å². The van der Waals surface area contributed by atoms with Gasteiger partial charge < -0.3 is 14.6 Å². The second-order valence-electron chi connectivity index (χ2n) is 4.32. The Morgan fingerprint density at radius 3 is 2.48 bits per heavy atom. The minimum atomic E-state index is -0.910. The highest BCUT2D eigenvalue weighted by Gasteiger charge is 2.15. The molecule has 0 saturated carbocycles. The van der Waals surface area contributed by atoms with E-state index >= 15 is 0 Å². The first-order valence-electron chi connectivity index (χ1n) is 6.62. The van der Waals surface area contributed by atoms with Gasteiger partial charge in [0.2, 0.25) is 0 Å². The van der Waals surface area contributed by atoms with Crippen molar-refractivity contribution in [2.45, 2.75) is 19.8 Å². The average Bonchev–Trinajstić information content (AvgIpc) is 2.91. The van der Waals surface area contributed by atoms with Crippen molar-refractivity contribution in [2.75, 3.05) is 13.7 Å². The maximum absolute atomic E-state index is 11.1. The van der Waals surface area contributed by atoms with Crippen molar-refractivity contribution >= 4 is 17.3 Å². The van der Waals surface area contributed by atoms with E-state index in [1.807, 2.05) is 31.2 Å². The van der Waals surface area contributed by atoms with E-state index in [0.29, 0.717) is 30.0 Å². The normalized spacial score (nSPS) is 10.4. The Kier molecular flexibility index (Phi) is 5.16. The molecule has 0 aliphatic rings. The van der Waals surface area contributed by atoms with Crippen LogP contribution in [0.1, 0.15) is 27.3 Å². The Hall–Kier alpha value is -2.08. The molecule has 1 heterocycles. The van der Waals surface area contributed by atoms with Crippen LogP contribution in [0.4, 0.5) is 0 Å². The van der Waals surface area contributed by atoms with Gasteiger partial charge in [-0.1, -0.05) is 6.92 Å². The number of hydrogen-bond donors (Lipinski definition) is 1. The third-order valence-corrected chi connectivity index (χ3v) is 4.06. The lowest BCUT2D eigenvalue weighted by atomic mass is 10.3. The first kappa shape index (κ1) is 15.3. The fourth-order valence-electron chi connectivity index (χ4n) is 1.84. The smallest absolute Gasteiger partial charge is 0.347 e. The lowest BCUT2D eigenvalue weighted by Gasteiger charge is -2.05. The molecule has 0 radical (unpaired) electrons. The number of aromatic carboxylic acids is 1. The Labute approximate surface area is 127 Å². The molecule has 6 heteroatoms. The van der Waals surface area contributed by atoms with Gasteiger partial charge in [-0.2, -0.15) is 0 Å². The van der Waals surface area contributed by atoms with Crippen molar-refractivity contribution in [3.63, 3.8) is 0 Å². The fraction of sp³-hybridized carbons (Fsp3) is 0.333. The summed E-state index contributed by atoms with van der Waals surface area (Å²) in [5, 5.41) is 9.88.